The van der Waals surface area contributed by atoms with Gasteiger partial charge in [0, 0.05) is 31.4 Å². The number of benzene rings is 2. The average Bonchev–Trinajstić information content (AvgIpc) is 2.96. The molecule has 2 aromatic carbocycles. The second-order valence-corrected chi connectivity index (χ2v) is 10.0. The molecule has 0 aliphatic carbocycles. The Bertz CT molecular complexity index is 1290. The van der Waals surface area contributed by atoms with Gasteiger partial charge in [-0.2, -0.15) is 26.3 Å². The Labute approximate surface area is 238 Å². The molecule has 2 aromatic rings. The van der Waals surface area contributed by atoms with Gasteiger partial charge in [0.05, 0.1) is 49.8 Å². The third-order valence-electron chi connectivity index (χ3n) is 7.32. The minimum Gasteiger partial charge on any atom is -0.495 e. The number of halogens is 6. The predicted octanol–water partition coefficient (Wildman–Crippen LogP) is 4.82. The highest BCUT2D eigenvalue weighted by Gasteiger charge is 2.39. The molecule has 0 radical (unpaired) electrons. The topological polar surface area (TPSA) is 69.7 Å². The molecular formula is C28H30F6N4O4. The van der Waals surface area contributed by atoms with Crippen LogP contribution in [-0.2, 0) is 28.2 Å². The first kappa shape index (κ1) is 30.0. The number of para-hydroxylation sites is 2. The van der Waals surface area contributed by atoms with E-state index < -0.39 is 35.7 Å². The van der Waals surface area contributed by atoms with E-state index in [1.54, 1.807) is 35.2 Å². The summed E-state index contributed by atoms with van der Waals surface area (Å²) in [4.78, 5) is 3.78. The van der Waals surface area contributed by atoms with E-state index in [1.807, 2.05) is 4.90 Å². The number of anilines is 1. The third-order valence-corrected chi connectivity index (χ3v) is 7.32. The minimum atomic E-state index is -5.00. The Balaban J connectivity index is 1.61. The van der Waals surface area contributed by atoms with Crippen molar-refractivity contribution >= 4 is 5.69 Å². The first-order chi connectivity index (χ1) is 20.0. The molecule has 42 heavy (non-hydrogen) atoms. The summed E-state index contributed by atoms with van der Waals surface area (Å²) in [6, 6.07) is 7.51. The van der Waals surface area contributed by atoms with Gasteiger partial charge in [-0.05, 0) is 48.4 Å². The van der Waals surface area contributed by atoms with Gasteiger partial charge in [-0.3, -0.25) is 25.4 Å². The first-order valence-corrected chi connectivity index (χ1v) is 13.2. The van der Waals surface area contributed by atoms with E-state index in [0.717, 1.165) is 5.06 Å². The van der Waals surface area contributed by atoms with Gasteiger partial charge in [0.2, 0.25) is 0 Å². The molecule has 0 aromatic heterocycles. The number of nitrogens with zero attached hydrogens (tertiary/aromatic N) is 3. The number of ether oxygens (including phenoxy) is 3. The van der Waals surface area contributed by atoms with E-state index in [2.05, 4.69) is 5.32 Å². The number of hydroxylamine groups is 2. The fourth-order valence-corrected chi connectivity index (χ4v) is 5.25. The number of rotatable bonds is 5. The Hall–Kier alpha value is -3.46. The van der Waals surface area contributed by atoms with Crippen molar-refractivity contribution < 1.29 is 45.8 Å². The van der Waals surface area contributed by atoms with Crippen molar-refractivity contribution in [2.45, 2.75) is 31.0 Å². The number of morpholine rings is 1. The van der Waals surface area contributed by atoms with Crippen LogP contribution in [0.1, 0.15) is 16.7 Å². The summed E-state index contributed by atoms with van der Waals surface area (Å²) in [6.07, 6.45) is -8.09. The first-order valence-electron chi connectivity index (χ1n) is 13.2. The highest BCUT2D eigenvalue weighted by Crippen LogP contribution is 2.39. The van der Waals surface area contributed by atoms with Crippen LogP contribution >= 0.6 is 0 Å². The quantitative estimate of drug-likeness (QED) is 0.474. The molecular weight excluding hydrogens is 570 g/mol. The summed E-state index contributed by atoms with van der Waals surface area (Å²) < 4.78 is 99.2. The van der Waals surface area contributed by atoms with Gasteiger partial charge in [-0.1, -0.05) is 12.1 Å². The number of hydrogen-bond acceptors (Lipinski definition) is 8. The largest absolute Gasteiger partial charge is 0.495 e. The van der Waals surface area contributed by atoms with Crippen molar-refractivity contribution in [2.75, 3.05) is 51.5 Å². The average molecular weight is 601 g/mol. The van der Waals surface area contributed by atoms with Crippen molar-refractivity contribution in [2.24, 2.45) is 0 Å². The van der Waals surface area contributed by atoms with Crippen LogP contribution in [0.4, 0.5) is 32.0 Å². The normalized spacial score (nSPS) is 22.4. The van der Waals surface area contributed by atoms with E-state index in [-0.39, 0.29) is 31.3 Å². The van der Waals surface area contributed by atoms with E-state index >= 15 is 0 Å². The molecule has 228 valence electrons. The van der Waals surface area contributed by atoms with E-state index in [0.29, 0.717) is 61.3 Å². The lowest BCUT2D eigenvalue weighted by Gasteiger charge is -2.42. The standard InChI is InChI=1S/C28H30F6N4O4/c1-40-24-5-3-2-4-22(24)37-17-35-16-21-23(14-18-12-19(27(29,30)31)15-20(13-18)28(32,33)34)38(39)7-6-25(42-26(21)37)36-8-10-41-11-9-36/h2-7,12-13,15,23,25,35,39H,8-11,14,16-17H2,1H3. The Morgan fingerprint density at radius 2 is 1.67 bits per heavy atom. The molecule has 8 nitrogen and oxygen atoms in total. The molecule has 2 atom stereocenters. The van der Waals surface area contributed by atoms with Crippen molar-refractivity contribution in [1.29, 1.82) is 0 Å². The molecule has 2 unspecified atom stereocenters. The zero-order valence-electron chi connectivity index (χ0n) is 22.6. The van der Waals surface area contributed by atoms with Gasteiger partial charge in [-0.15, -0.1) is 0 Å². The molecule has 0 amide bonds. The Morgan fingerprint density at radius 1 is 1.00 bits per heavy atom. The van der Waals surface area contributed by atoms with E-state index in [4.69, 9.17) is 14.2 Å². The zero-order chi connectivity index (χ0) is 30.1. The highest BCUT2D eigenvalue weighted by atomic mass is 19.4. The maximum atomic E-state index is 13.6. The third kappa shape index (κ3) is 6.46. The molecule has 5 rings (SSSR count). The fourth-order valence-electron chi connectivity index (χ4n) is 5.25. The predicted molar refractivity (Wildman–Crippen MR) is 139 cm³/mol. The molecule has 3 heterocycles. The molecule has 14 heteroatoms. The zero-order valence-corrected chi connectivity index (χ0v) is 22.6. The van der Waals surface area contributed by atoms with Crippen molar-refractivity contribution in [3.63, 3.8) is 0 Å². The lowest BCUT2D eigenvalue weighted by atomic mass is 9.94. The van der Waals surface area contributed by atoms with Crippen molar-refractivity contribution in [3.05, 3.63) is 82.9 Å². The van der Waals surface area contributed by atoms with E-state index in [1.165, 1.54) is 13.3 Å². The van der Waals surface area contributed by atoms with Gasteiger partial charge < -0.3 is 14.2 Å². The SMILES string of the molecule is COc1ccccc1N1CNCC2=C1OC(N1CCOCC1)C=CN(O)C2Cc1cc(C(F)(F)F)cc(C(F)(F)F)c1. The van der Waals surface area contributed by atoms with Gasteiger partial charge >= 0.3 is 12.4 Å². The number of alkyl halides is 6. The summed E-state index contributed by atoms with van der Waals surface area (Å²) in [5.41, 5.74) is -2.04. The molecule has 0 bridgehead atoms. The Kier molecular flexibility index (Phi) is 8.60. The second-order valence-electron chi connectivity index (χ2n) is 10.0. The lowest BCUT2D eigenvalue weighted by Crippen LogP contribution is -2.51. The monoisotopic (exact) mass is 600 g/mol. The highest BCUT2D eigenvalue weighted by molar-refractivity contribution is 5.62. The fraction of sp³-hybridized carbons (Fsp3) is 0.429. The van der Waals surface area contributed by atoms with Crippen LogP contribution in [0, 0.1) is 0 Å². The number of methoxy groups -OCH3 is 1. The van der Waals surface area contributed by atoms with E-state index in [9.17, 15) is 31.5 Å². The van der Waals surface area contributed by atoms with Crippen LogP contribution in [0.5, 0.6) is 5.75 Å². The van der Waals surface area contributed by atoms with Crippen molar-refractivity contribution in [1.82, 2.24) is 15.3 Å². The Morgan fingerprint density at radius 3 is 2.31 bits per heavy atom. The molecule has 0 spiro atoms. The van der Waals surface area contributed by atoms with Gasteiger partial charge in [0.1, 0.15) is 5.75 Å². The smallest absolute Gasteiger partial charge is 0.416 e. The summed E-state index contributed by atoms with van der Waals surface area (Å²) in [5.74, 6) is 0.827. The summed E-state index contributed by atoms with van der Waals surface area (Å²) in [7, 11) is 1.51. The molecule has 2 N–H and O–H groups in total. The van der Waals surface area contributed by atoms with Crippen LogP contribution in [0.15, 0.2) is 66.2 Å². The maximum Gasteiger partial charge on any atom is 0.416 e. The minimum absolute atomic E-state index is 0.0879. The maximum absolute atomic E-state index is 13.6. The van der Waals surface area contributed by atoms with Crippen molar-refractivity contribution in [3.8, 4) is 5.75 Å². The van der Waals surface area contributed by atoms with Crippen LogP contribution in [0.2, 0.25) is 0 Å². The van der Waals surface area contributed by atoms with Gasteiger partial charge in [-0.25, -0.2) is 0 Å². The molecule has 3 aliphatic rings. The summed E-state index contributed by atoms with van der Waals surface area (Å²) >= 11 is 0. The van der Waals surface area contributed by atoms with Gasteiger partial charge in [0.15, 0.2) is 12.1 Å². The van der Waals surface area contributed by atoms with Crippen LogP contribution in [0.3, 0.4) is 0 Å². The molecule has 3 aliphatic heterocycles. The molecule has 1 fully saturated rings. The molecule has 1 saturated heterocycles. The van der Waals surface area contributed by atoms with Crippen LogP contribution < -0.4 is 15.0 Å². The van der Waals surface area contributed by atoms with Gasteiger partial charge in [0.25, 0.3) is 0 Å². The number of nitrogens with one attached hydrogen (secondary N) is 1. The van der Waals surface area contributed by atoms with Crippen LogP contribution in [0.25, 0.3) is 0 Å². The lowest BCUT2D eigenvalue weighted by molar-refractivity contribution is -0.143. The van der Waals surface area contributed by atoms with Crippen LogP contribution in [-0.4, -0.2) is 74.1 Å². The summed E-state index contributed by atoms with van der Waals surface area (Å²) in [6.45, 7) is 2.45. The second kappa shape index (κ2) is 12.0. The number of hydrogen-bond donors (Lipinski definition) is 2. The molecule has 0 saturated carbocycles. The summed E-state index contributed by atoms with van der Waals surface area (Å²) in [5, 5.41) is 15.2.